The Kier molecular flexibility index (Phi) is 9.92. The van der Waals surface area contributed by atoms with Crippen LogP contribution in [0.1, 0.15) is 49.4 Å². The monoisotopic (exact) mass is 549 g/mol. The van der Waals surface area contributed by atoms with E-state index in [1.165, 1.54) is 4.90 Å². The molecule has 0 spiro atoms. The minimum atomic E-state index is -4.09. The van der Waals surface area contributed by atoms with E-state index in [1.54, 1.807) is 43.3 Å². The second kappa shape index (κ2) is 12.9. The molecule has 0 heterocycles. The first-order chi connectivity index (χ1) is 18.4. The van der Waals surface area contributed by atoms with Crippen molar-refractivity contribution < 1.29 is 18.0 Å². The molecule has 0 unspecified atom stereocenters. The van der Waals surface area contributed by atoms with Crippen LogP contribution in [0, 0.1) is 20.8 Å². The smallest absolute Gasteiger partial charge is 0.264 e. The van der Waals surface area contributed by atoms with Crippen molar-refractivity contribution in [3.8, 4) is 0 Å². The van der Waals surface area contributed by atoms with Gasteiger partial charge < -0.3 is 10.2 Å². The topological polar surface area (TPSA) is 86.8 Å². The summed E-state index contributed by atoms with van der Waals surface area (Å²) in [5, 5.41) is 2.95. The molecule has 0 aliphatic rings. The summed E-state index contributed by atoms with van der Waals surface area (Å²) in [5.74, 6) is -0.757. The fourth-order valence-electron chi connectivity index (χ4n) is 4.08. The first-order valence-electron chi connectivity index (χ1n) is 13.2. The normalized spacial score (nSPS) is 12.9. The standard InChI is InChI=1S/C31H39N3O4S/c1-7-25(5)32-31(36)26(6)33(20-27-11-9-8-10-12-27)30(35)21-34(28-16-15-23(3)24(4)19-28)39(37,38)29-17-13-22(2)14-18-29/h8-19,25-26H,7,20-21H2,1-6H3,(H,32,36)/t25-,26+/m0/s1. The van der Waals surface area contributed by atoms with Gasteiger partial charge in [0.2, 0.25) is 11.8 Å². The molecule has 39 heavy (non-hydrogen) atoms. The third kappa shape index (κ3) is 7.47. The van der Waals surface area contributed by atoms with Crippen LogP contribution in [0.5, 0.6) is 0 Å². The quantitative estimate of drug-likeness (QED) is 0.359. The maximum absolute atomic E-state index is 14.0. The molecule has 0 fully saturated rings. The Morgan fingerprint density at radius 1 is 0.872 bits per heavy atom. The van der Waals surface area contributed by atoms with Crippen LogP contribution >= 0.6 is 0 Å². The number of nitrogens with one attached hydrogen (secondary N) is 1. The summed E-state index contributed by atoms with van der Waals surface area (Å²) in [5.41, 5.74) is 4.08. The highest BCUT2D eigenvalue weighted by Gasteiger charge is 2.32. The second-order valence-electron chi connectivity index (χ2n) is 10.1. The van der Waals surface area contributed by atoms with E-state index >= 15 is 0 Å². The van der Waals surface area contributed by atoms with Gasteiger partial charge in [-0.1, -0.05) is 61.0 Å². The van der Waals surface area contributed by atoms with Crippen LogP contribution in [-0.4, -0.2) is 43.8 Å². The Balaban J connectivity index is 2.04. The van der Waals surface area contributed by atoms with Gasteiger partial charge in [-0.3, -0.25) is 13.9 Å². The minimum absolute atomic E-state index is 0.0532. The van der Waals surface area contributed by atoms with Crippen molar-refractivity contribution in [2.45, 2.75) is 71.5 Å². The highest BCUT2D eigenvalue weighted by molar-refractivity contribution is 7.92. The molecule has 1 N–H and O–H groups in total. The molecule has 8 heteroatoms. The van der Waals surface area contributed by atoms with E-state index in [9.17, 15) is 18.0 Å². The molecule has 208 valence electrons. The fourth-order valence-corrected chi connectivity index (χ4v) is 5.48. The number of carbonyl (C=O) groups excluding carboxylic acids is 2. The highest BCUT2D eigenvalue weighted by Crippen LogP contribution is 2.27. The molecular weight excluding hydrogens is 510 g/mol. The summed E-state index contributed by atoms with van der Waals surface area (Å²) in [7, 11) is -4.09. The molecule has 2 atom stereocenters. The molecule has 7 nitrogen and oxygen atoms in total. The van der Waals surface area contributed by atoms with Crippen LogP contribution in [0.15, 0.2) is 77.7 Å². The molecular formula is C31H39N3O4S. The summed E-state index contributed by atoms with van der Waals surface area (Å²) >= 11 is 0. The van der Waals surface area contributed by atoms with Gasteiger partial charge in [-0.2, -0.15) is 0 Å². The molecule has 0 saturated heterocycles. The average molecular weight is 550 g/mol. The van der Waals surface area contributed by atoms with Crippen LogP contribution in [0.25, 0.3) is 0 Å². The predicted molar refractivity (Wildman–Crippen MR) is 156 cm³/mol. The molecule has 0 radical (unpaired) electrons. The van der Waals surface area contributed by atoms with Crippen molar-refractivity contribution in [1.29, 1.82) is 0 Å². The number of amides is 2. The van der Waals surface area contributed by atoms with E-state index in [-0.39, 0.29) is 23.4 Å². The number of hydrogen-bond donors (Lipinski definition) is 1. The summed E-state index contributed by atoms with van der Waals surface area (Å²) in [6, 6.07) is 20.4. The zero-order valence-corrected chi connectivity index (χ0v) is 24.5. The van der Waals surface area contributed by atoms with Gasteiger partial charge in [-0.25, -0.2) is 8.42 Å². The van der Waals surface area contributed by atoms with Crippen LogP contribution in [0.4, 0.5) is 5.69 Å². The van der Waals surface area contributed by atoms with Crippen molar-refractivity contribution in [2.24, 2.45) is 0 Å². The van der Waals surface area contributed by atoms with Gasteiger partial charge in [0.1, 0.15) is 12.6 Å². The fraction of sp³-hybridized carbons (Fsp3) is 0.355. The summed E-state index contributed by atoms with van der Waals surface area (Å²) in [4.78, 5) is 28.6. The molecule has 0 bridgehead atoms. The van der Waals surface area contributed by atoms with Gasteiger partial charge in [-0.15, -0.1) is 0 Å². The SMILES string of the molecule is CC[C@H](C)NC(=O)[C@@H](C)N(Cc1ccccc1)C(=O)CN(c1ccc(C)c(C)c1)S(=O)(=O)c1ccc(C)cc1. The van der Waals surface area contributed by atoms with E-state index in [2.05, 4.69) is 5.32 Å². The minimum Gasteiger partial charge on any atom is -0.352 e. The summed E-state index contributed by atoms with van der Waals surface area (Å²) < 4.78 is 29.0. The van der Waals surface area contributed by atoms with Gasteiger partial charge in [-0.05, 0) is 82.0 Å². The Labute approximate surface area is 232 Å². The predicted octanol–water partition coefficient (Wildman–Crippen LogP) is 5.14. The van der Waals surface area contributed by atoms with Crippen molar-refractivity contribution in [2.75, 3.05) is 10.8 Å². The number of benzene rings is 3. The summed E-state index contributed by atoms with van der Waals surface area (Å²) in [6.07, 6.45) is 0.750. The Morgan fingerprint density at radius 2 is 1.51 bits per heavy atom. The van der Waals surface area contributed by atoms with Crippen molar-refractivity contribution in [1.82, 2.24) is 10.2 Å². The Hall–Kier alpha value is -3.65. The van der Waals surface area contributed by atoms with Gasteiger partial charge in [0.05, 0.1) is 10.6 Å². The first-order valence-corrected chi connectivity index (χ1v) is 14.7. The molecule has 0 aromatic heterocycles. The molecule has 0 saturated carbocycles. The van der Waals surface area contributed by atoms with Crippen LogP contribution in [-0.2, 0) is 26.2 Å². The number of carbonyl (C=O) groups is 2. The molecule has 3 aromatic carbocycles. The van der Waals surface area contributed by atoms with Gasteiger partial charge in [0.15, 0.2) is 0 Å². The maximum Gasteiger partial charge on any atom is 0.264 e. The summed E-state index contributed by atoms with van der Waals surface area (Å²) in [6.45, 7) is 11.0. The third-order valence-corrected chi connectivity index (χ3v) is 8.82. The van der Waals surface area contributed by atoms with E-state index < -0.39 is 28.5 Å². The number of anilines is 1. The van der Waals surface area contributed by atoms with Crippen molar-refractivity contribution >= 4 is 27.5 Å². The molecule has 3 rings (SSSR count). The molecule has 0 aliphatic carbocycles. The van der Waals surface area contributed by atoms with Crippen molar-refractivity contribution in [3.05, 3.63) is 95.1 Å². The maximum atomic E-state index is 14.0. The van der Waals surface area contributed by atoms with E-state index in [0.29, 0.717) is 5.69 Å². The molecule has 0 aliphatic heterocycles. The third-order valence-electron chi connectivity index (χ3n) is 7.03. The van der Waals surface area contributed by atoms with E-state index in [4.69, 9.17) is 0 Å². The zero-order chi connectivity index (χ0) is 28.7. The zero-order valence-electron chi connectivity index (χ0n) is 23.6. The highest BCUT2D eigenvalue weighted by atomic mass is 32.2. The number of nitrogens with zero attached hydrogens (tertiary/aromatic N) is 2. The molecule has 3 aromatic rings. The van der Waals surface area contributed by atoms with Crippen LogP contribution in [0.3, 0.4) is 0 Å². The number of sulfonamides is 1. The average Bonchev–Trinajstić information content (AvgIpc) is 2.92. The van der Waals surface area contributed by atoms with Gasteiger partial charge in [0, 0.05) is 12.6 Å². The van der Waals surface area contributed by atoms with Gasteiger partial charge >= 0.3 is 0 Å². The van der Waals surface area contributed by atoms with Crippen LogP contribution in [0.2, 0.25) is 0 Å². The lowest BCUT2D eigenvalue weighted by molar-refractivity contribution is -0.139. The largest absolute Gasteiger partial charge is 0.352 e. The lowest BCUT2D eigenvalue weighted by Crippen LogP contribution is -2.52. The Morgan fingerprint density at radius 3 is 2.10 bits per heavy atom. The Bertz CT molecular complexity index is 1390. The number of aryl methyl sites for hydroxylation is 3. The van der Waals surface area contributed by atoms with E-state index in [1.807, 2.05) is 71.0 Å². The lowest BCUT2D eigenvalue weighted by atomic mass is 10.1. The number of hydrogen-bond acceptors (Lipinski definition) is 4. The second-order valence-corrected chi connectivity index (χ2v) is 12.0. The lowest BCUT2D eigenvalue weighted by Gasteiger charge is -2.32. The van der Waals surface area contributed by atoms with Crippen molar-refractivity contribution in [3.63, 3.8) is 0 Å². The first kappa shape index (κ1) is 29.9. The van der Waals surface area contributed by atoms with E-state index in [0.717, 1.165) is 33.0 Å². The molecule has 2 amide bonds. The number of rotatable bonds is 11. The van der Waals surface area contributed by atoms with Gasteiger partial charge in [0.25, 0.3) is 10.0 Å². The van der Waals surface area contributed by atoms with Crippen LogP contribution < -0.4 is 9.62 Å².